The number of anilines is 2. The fourth-order valence-corrected chi connectivity index (χ4v) is 5.29. The number of hydrogen-bond donors (Lipinski definition) is 4. The summed E-state index contributed by atoms with van der Waals surface area (Å²) in [5.41, 5.74) is -1.58. The van der Waals surface area contributed by atoms with Crippen molar-refractivity contribution in [3.8, 4) is 5.75 Å². The number of benzene rings is 2. The molecule has 15 heteroatoms. The summed E-state index contributed by atoms with van der Waals surface area (Å²) in [4.78, 5) is 65.0. The molecule has 1 aliphatic carbocycles. The van der Waals surface area contributed by atoms with Gasteiger partial charge in [0.15, 0.2) is 0 Å². The first-order valence-electron chi connectivity index (χ1n) is 14.6. The zero-order valence-corrected chi connectivity index (χ0v) is 25.7. The molecule has 0 spiro atoms. The summed E-state index contributed by atoms with van der Waals surface area (Å²) in [6.07, 6.45) is -4.38. The zero-order valence-electron chi connectivity index (χ0n) is 25.7. The van der Waals surface area contributed by atoms with Crippen LogP contribution >= 0.6 is 0 Å². The van der Waals surface area contributed by atoms with E-state index in [-0.39, 0.29) is 29.3 Å². The Hall–Kier alpha value is -4.82. The first-order chi connectivity index (χ1) is 21.6. The number of nitrogens with zero attached hydrogens (tertiary/aromatic N) is 2. The van der Waals surface area contributed by atoms with E-state index >= 15 is 0 Å². The van der Waals surface area contributed by atoms with Crippen LogP contribution in [0.25, 0.3) is 0 Å². The van der Waals surface area contributed by atoms with E-state index in [2.05, 4.69) is 16.0 Å². The number of urea groups is 2. The molecule has 12 nitrogen and oxygen atoms in total. The lowest BCUT2D eigenvalue weighted by atomic mass is 9.97. The second kappa shape index (κ2) is 13.3. The van der Waals surface area contributed by atoms with Crippen LogP contribution in [-0.4, -0.2) is 75.7 Å². The number of para-hydroxylation sites is 1. The Balaban J connectivity index is 1.60. The van der Waals surface area contributed by atoms with Gasteiger partial charge >= 0.3 is 24.2 Å². The van der Waals surface area contributed by atoms with E-state index in [9.17, 15) is 37.1 Å². The van der Waals surface area contributed by atoms with Gasteiger partial charge in [0.25, 0.3) is 5.91 Å². The van der Waals surface area contributed by atoms with Crippen LogP contribution in [0.2, 0.25) is 0 Å². The first-order valence-corrected chi connectivity index (χ1v) is 14.6. The number of carbonyl (C=O) groups excluding carboxylic acids is 4. The van der Waals surface area contributed by atoms with Crippen LogP contribution in [0.5, 0.6) is 5.75 Å². The highest BCUT2D eigenvalue weighted by Gasteiger charge is 2.70. The maximum Gasteiger partial charge on any atom is 0.420 e. The summed E-state index contributed by atoms with van der Waals surface area (Å²) in [5.74, 6) is -3.71. The predicted molar refractivity (Wildman–Crippen MR) is 160 cm³/mol. The third-order valence-electron chi connectivity index (χ3n) is 8.15. The van der Waals surface area contributed by atoms with Gasteiger partial charge in [-0.25, -0.2) is 14.5 Å². The van der Waals surface area contributed by atoms with Crippen molar-refractivity contribution in [1.82, 2.24) is 15.1 Å². The number of amides is 6. The Morgan fingerprint density at radius 1 is 1.09 bits per heavy atom. The molecule has 6 amide bonds. The van der Waals surface area contributed by atoms with E-state index in [1.807, 2.05) is 19.1 Å². The Bertz CT molecular complexity index is 1530. The van der Waals surface area contributed by atoms with E-state index in [0.29, 0.717) is 35.3 Å². The molecule has 1 saturated carbocycles. The van der Waals surface area contributed by atoms with E-state index in [4.69, 9.17) is 9.84 Å². The lowest BCUT2D eigenvalue weighted by Gasteiger charge is -2.33. The number of carbonyl (C=O) groups is 5. The van der Waals surface area contributed by atoms with Crippen molar-refractivity contribution in [1.29, 1.82) is 0 Å². The summed E-state index contributed by atoms with van der Waals surface area (Å²) in [6.45, 7) is 3.12. The molecule has 4 rings (SSSR count). The van der Waals surface area contributed by atoms with Crippen molar-refractivity contribution in [2.45, 2.75) is 76.8 Å². The molecule has 2 aromatic rings. The van der Waals surface area contributed by atoms with Crippen molar-refractivity contribution in [2.75, 3.05) is 17.7 Å². The van der Waals surface area contributed by atoms with Crippen molar-refractivity contribution >= 4 is 41.2 Å². The highest BCUT2D eigenvalue weighted by atomic mass is 19.4. The first kappa shape index (κ1) is 34.1. The van der Waals surface area contributed by atoms with Gasteiger partial charge < -0.3 is 25.8 Å². The standard InChI is InChI=1S/C31H36F3N5O7/c1-17-7-5-6-8-21(17)36-28(44)37-22-12-11-20(15-24(22)46-4)16-38-29(45)39(27(43)30(38,3)31(32,33)34)23(14-19-9-10-19)26(42)35-18(2)13-25(40)41/h5-8,11-12,15,18-19,23H,9-10,13-14,16H2,1-4H3,(H,35,42)(H,40,41)(H2,36,37,44)/t18-,23+,30?/m1/s1. The molecule has 2 fully saturated rings. The van der Waals surface area contributed by atoms with Crippen LogP contribution in [0.3, 0.4) is 0 Å². The Morgan fingerprint density at radius 3 is 2.33 bits per heavy atom. The molecule has 3 atom stereocenters. The SMILES string of the molecule is COc1cc(CN2C(=O)N([C@@H](CC3CC3)C(=O)N[C@H](C)CC(=O)O)C(=O)C2(C)C(F)(F)F)ccc1NC(=O)Nc1ccccc1C. The van der Waals surface area contributed by atoms with Crippen molar-refractivity contribution < 1.29 is 47.0 Å². The van der Waals surface area contributed by atoms with Crippen LogP contribution in [0.4, 0.5) is 34.1 Å². The minimum absolute atomic E-state index is 0.0519. The van der Waals surface area contributed by atoms with Gasteiger partial charge in [0.1, 0.15) is 11.8 Å². The van der Waals surface area contributed by atoms with Gasteiger partial charge in [-0.3, -0.25) is 19.3 Å². The molecule has 1 heterocycles. The van der Waals surface area contributed by atoms with Crippen LogP contribution in [-0.2, 0) is 20.9 Å². The number of rotatable bonds is 12. The molecule has 0 bridgehead atoms. The van der Waals surface area contributed by atoms with Gasteiger partial charge in [-0.1, -0.05) is 37.1 Å². The Labute approximate surface area is 263 Å². The highest BCUT2D eigenvalue weighted by molar-refractivity contribution is 6.10. The molecule has 0 radical (unpaired) electrons. The molecule has 248 valence electrons. The Kier molecular flexibility index (Phi) is 9.82. The molecule has 2 aromatic carbocycles. The van der Waals surface area contributed by atoms with Crippen LogP contribution in [0, 0.1) is 12.8 Å². The van der Waals surface area contributed by atoms with Crippen molar-refractivity contribution in [3.63, 3.8) is 0 Å². The second-order valence-electron chi connectivity index (χ2n) is 11.7. The number of aryl methyl sites for hydroxylation is 1. The van der Waals surface area contributed by atoms with Crippen LogP contribution < -0.4 is 20.7 Å². The monoisotopic (exact) mass is 647 g/mol. The number of aliphatic carboxylic acids is 1. The quantitative estimate of drug-likeness (QED) is 0.239. The minimum atomic E-state index is -5.22. The van der Waals surface area contributed by atoms with Crippen molar-refractivity contribution in [2.24, 2.45) is 5.92 Å². The summed E-state index contributed by atoms with van der Waals surface area (Å²) in [7, 11) is 1.29. The number of ether oxygens (including phenoxy) is 1. The molecule has 1 unspecified atom stereocenters. The van der Waals surface area contributed by atoms with E-state index < -0.39 is 66.6 Å². The molecule has 2 aliphatic rings. The van der Waals surface area contributed by atoms with E-state index in [1.165, 1.54) is 32.2 Å². The molecular formula is C31H36F3N5O7. The third-order valence-corrected chi connectivity index (χ3v) is 8.15. The van der Waals surface area contributed by atoms with Gasteiger partial charge in [0, 0.05) is 18.3 Å². The number of methoxy groups -OCH3 is 1. The van der Waals surface area contributed by atoms with Crippen LogP contribution in [0.1, 0.15) is 50.7 Å². The number of alkyl halides is 3. The number of carboxylic acid groups (broad SMARTS) is 1. The van der Waals surface area contributed by atoms with Gasteiger partial charge in [0.05, 0.1) is 19.2 Å². The summed E-state index contributed by atoms with van der Waals surface area (Å²) < 4.78 is 49.3. The maximum absolute atomic E-state index is 14.7. The lowest BCUT2D eigenvalue weighted by molar-refractivity contribution is -0.212. The average molecular weight is 648 g/mol. The van der Waals surface area contributed by atoms with Gasteiger partial charge in [0.2, 0.25) is 11.4 Å². The zero-order chi connectivity index (χ0) is 34.0. The molecule has 46 heavy (non-hydrogen) atoms. The summed E-state index contributed by atoms with van der Waals surface area (Å²) in [5, 5.41) is 16.8. The fraction of sp³-hybridized carbons (Fsp3) is 0.452. The molecule has 1 saturated heterocycles. The topological polar surface area (TPSA) is 157 Å². The Morgan fingerprint density at radius 2 is 1.74 bits per heavy atom. The number of hydrogen-bond acceptors (Lipinski definition) is 6. The van der Waals surface area contributed by atoms with E-state index in [0.717, 1.165) is 5.56 Å². The van der Waals surface area contributed by atoms with E-state index in [1.54, 1.807) is 12.1 Å². The normalized spacial score (nSPS) is 19.5. The number of carboxylic acids is 1. The molecule has 0 aromatic heterocycles. The smallest absolute Gasteiger partial charge is 0.420 e. The van der Waals surface area contributed by atoms with Crippen molar-refractivity contribution in [3.05, 3.63) is 53.6 Å². The second-order valence-corrected chi connectivity index (χ2v) is 11.7. The number of imide groups is 1. The van der Waals surface area contributed by atoms with Gasteiger partial charge in [-0.2, -0.15) is 13.2 Å². The average Bonchev–Trinajstić information content (AvgIpc) is 3.77. The molecule has 1 aliphatic heterocycles. The maximum atomic E-state index is 14.7. The molecule has 4 N–H and O–H groups in total. The lowest BCUT2D eigenvalue weighted by Crippen LogP contribution is -2.58. The predicted octanol–water partition coefficient (Wildman–Crippen LogP) is 4.88. The fourth-order valence-electron chi connectivity index (χ4n) is 5.29. The largest absolute Gasteiger partial charge is 0.495 e. The number of halogens is 3. The van der Waals surface area contributed by atoms with Crippen LogP contribution in [0.15, 0.2) is 42.5 Å². The summed E-state index contributed by atoms with van der Waals surface area (Å²) in [6, 6.07) is 6.81. The molecular weight excluding hydrogens is 611 g/mol. The van der Waals surface area contributed by atoms with Gasteiger partial charge in [-0.05, 0) is 62.4 Å². The highest BCUT2D eigenvalue weighted by Crippen LogP contribution is 2.45. The van der Waals surface area contributed by atoms with Gasteiger partial charge in [-0.15, -0.1) is 0 Å². The minimum Gasteiger partial charge on any atom is -0.495 e. The third kappa shape index (κ3) is 7.18. The summed E-state index contributed by atoms with van der Waals surface area (Å²) >= 11 is 0. The number of nitrogens with one attached hydrogen (secondary N) is 3.